The molecule has 3 nitrogen and oxygen atoms in total. The van der Waals surface area contributed by atoms with Crippen LogP contribution >= 0.6 is 0 Å². The molecule has 0 spiro atoms. The molecule has 0 aromatic carbocycles. The van der Waals surface area contributed by atoms with E-state index in [1.54, 1.807) is 0 Å². The second kappa shape index (κ2) is 2.66. The number of nitrogens with two attached hydrogens (primary N) is 1. The van der Waals surface area contributed by atoms with Gasteiger partial charge in [-0.3, -0.25) is 0 Å². The molecule has 3 heteroatoms. The number of nitrogen functional groups attached to an aromatic ring is 1. The number of hydrogen-bond donors (Lipinski definition) is 1. The zero-order valence-electron chi connectivity index (χ0n) is 7.13. The quantitative estimate of drug-likeness (QED) is 0.691. The molecule has 1 heterocycles. The molecule has 0 unspecified atom stereocenters. The lowest BCUT2D eigenvalue weighted by molar-refractivity contribution is 0.431. The number of hydrogen-bond acceptors (Lipinski definition) is 3. The van der Waals surface area contributed by atoms with E-state index in [9.17, 15) is 0 Å². The minimum atomic E-state index is 0.459. The smallest absolute Gasteiger partial charge is 0.229 e. The van der Waals surface area contributed by atoms with Crippen LogP contribution in [0.25, 0.3) is 5.57 Å². The topological polar surface area (TPSA) is 52.0 Å². The van der Waals surface area contributed by atoms with Gasteiger partial charge in [0.1, 0.15) is 0 Å². The summed E-state index contributed by atoms with van der Waals surface area (Å²) in [5, 5.41) is 3.82. The van der Waals surface area contributed by atoms with Crippen LogP contribution in [0.3, 0.4) is 0 Å². The van der Waals surface area contributed by atoms with E-state index in [0.29, 0.717) is 5.88 Å². The Balaban J connectivity index is 2.44. The van der Waals surface area contributed by atoms with Gasteiger partial charge in [-0.05, 0) is 31.8 Å². The van der Waals surface area contributed by atoms with Gasteiger partial charge in [-0.2, -0.15) is 0 Å². The van der Waals surface area contributed by atoms with Crippen LogP contribution in [0.2, 0.25) is 0 Å². The Hall–Kier alpha value is -1.25. The lowest BCUT2D eigenvalue weighted by Crippen LogP contribution is -1.89. The fourth-order valence-corrected chi connectivity index (χ4v) is 1.68. The molecule has 0 bridgehead atoms. The molecule has 0 radical (unpaired) electrons. The van der Waals surface area contributed by atoms with E-state index in [4.69, 9.17) is 10.3 Å². The minimum Gasteiger partial charge on any atom is -0.367 e. The molecule has 0 atom stereocenters. The monoisotopic (exact) mass is 164 g/mol. The maximum absolute atomic E-state index is 5.65. The third-order valence-electron chi connectivity index (χ3n) is 2.25. The van der Waals surface area contributed by atoms with Crippen molar-refractivity contribution in [1.29, 1.82) is 0 Å². The van der Waals surface area contributed by atoms with Gasteiger partial charge in [0.15, 0.2) is 0 Å². The average molecular weight is 164 g/mol. The van der Waals surface area contributed by atoms with E-state index < -0.39 is 0 Å². The molecule has 12 heavy (non-hydrogen) atoms. The van der Waals surface area contributed by atoms with Gasteiger partial charge in [-0.1, -0.05) is 11.2 Å². The highest BCUT2D eigenvalue weighted by Crippen LogP contribution is 2.32. The van der Waals surface area contributed by atoms with Gasteiger partial charge >= 0.3 is 0 Å². The third-order valence-corrected chi connectivity index (χ3v) is 2.25. The number of rotatable bonds is 1. The van der Waals surface area contributed by atoms with Crippen LogP contribution in [-0.4, -0.2) is 5.16 Å². The van der Waals surface area contributed by atoms with Gasteiger partial charge in [0.05, 0.1) is 11.3 Å². The summed E-state index contributed by atoms with van der Waals surface area (Å²) in [7, 11) is 0. The summed E-state index contributed by atoms with van der Waals surface area (Å²) in [5.41, 5.74) is 8.87. The summed E-state index contributed by atoms with van der Waals surface area (Å²) in [6.07, 6.45) is 5.70. The van der Waals surface area contributed by atoms with Crippen LogP contribution in [0.5, 0.6) is 0 Å². The van der Waals surface area contributed by atoms with Crippen LogP contribution in [0, 0.1) is 6.92 Å². The van der Waals surface area contributed by atoms with E-state index in [2.05, 4.69) is 11.2 Å². The zero-order valence-corrected chi connectivity index (χ0v) is 7.13. The molecule has 0 fully saturated rings. The number of anilines is 1. The molecule has 0 saturated heterocycles. The second-order valence-electron chi connectivity index (χ2n) is 3.13. The molecular weight excluding hydrogens is 152 g/mol. The lowest BCUT2D eigenvalue weighted by Gasteiger charge is -1.98. The molecule has 64 valence electrons. The first-order valence-corrected chi connectivity index (χ1v) is 4.20. The van der Waals surface area contributed by atoms with Gasteiger partial charge in [-0.25, -0.2) is 0 Å². The zero-order chi connectivity index (χ0) is 8.55. The Labute approximate surface area is 71.2 Å². The fourth-order valence-electron chi connectivity index (χ4n) is 1.68. The van der Waals surface area contributed by atoms with Gasteiger partial charge in [-0.15, -0.1) is 0 Å². The lowest BCUT2D eigenvalue weighted by atomic mass is 10.1. The third kappa shape index (κ3) is 1.02. The van der Waals surface area contributed by atoms with Crippen molar-refractivity contribution < 1.29 is 4.52 Å². The van der Waals surface area contributed by atoms with Crippen LogP contribution in [-0.2, 0) is 0 Å². The molecule has 1 aromatic heterocycles. The molecule has 1 aliphatic rings. The highest BCUT2D eigenvalue weighted by atomic mass is 16.5. The Kier molecular flexibility index (Phi) is 1.64. The molecule has 1 aliphatic carbocycles. The van der Waals surface area contributed by atoms with Gasteiger partial charge < -0.3 is 10.3 Å². The van der Waals surface area contributed by atoms with Crippen molar-refractivity contribution in [1.82, 2.24) is 5.16 Å². The molecule has 0 amide bonds. The Morgan fingerprint density at radius 1 is 1.58 bits per heavy atom. The molecule has 1 aromatic rings. The molecule has 2 N–H and O–H groups in total. The van der Waals surface area contributed by atoms with Gasteiger partial charge in [0.2, 0.25) is 5.88 Å². The Morgan fingerprint density at radius 3 is 2.92 bits per heavy atom. The van der Waals surface area contributed by atoms with Crippen molar-refractivity contribution in [2.75, 3.05) is 5.73 Å². The van der Waals surface area contributed by atoms with Gasteiger partial charge in [0, 0.05) is 0 Å². The highest BCUT2D eigenvalue weighted by molar-refractivity contribution is 5.74. The maximum atomic E-state index is 5.65. The van der Waals surface area contributed by atoms with E-state index >= 15 is 0 Å². The first-order chi connectivity index (χ1) is 5.79. The molecule has 0 saturated carbocycles. The van der Waals surface area contributed by atoms with Crippen LogP contribution < -0.4 is 5.73 Å². The van der Waals surface area contributed by atoms with Crippen molar-refractivity contribution in [3.63, 3.8) is 0 Å². The summed E-state index contributed by atoms with van der Waals surface area (Å²) in [6, 6.07) is 0. The largest absolute Gasteiger partial charge is 0.367 e. The number of nitrogens with zero attached hydrogens (tertiary/aromatic N) is 1. The highest BCUT2D eigenvalue weighted by Gasteiger charge is 2.16. The minimum absolute atomic E-state index is 0.459. The van der Waals surface area contributed by atoms with Crippen LogP contribution in [0.15, 0.2) is 10.6 Å². The maximum Gasteiger partial charge on any atom is 0.229 e. The summed E-state index contributed by atoms with van der Waals surface area (Å²) in [5.74, 6) is 0.459. The summed E-state index contributed by atoms with van der Waals surface area (Å²) >= 11 is 0. The first kappa shape index (κ1) is 7.40. The standard InChI is InChI=1S/C9H12N2O/c1-6-8(9(10)12-11-6)7-4-2-3-5-7/h4H,2-3,5,10H2,1H3. The van der Waals surface area contributed by atoms with E-state index in [1.165, 1.54) is 12.0 Å². The van der Waals surface area contributed by atoms with Gasteiger partial charge in [0.25, 0.3) is 0 Å². The van der Waals surface area contributed by atoms with E-state index in [1.807, 2.05) is 6.92 Å². The molecular formula is C9H12N2O. The number of aromatic nitrogens is 1. The van der Waals surface area contributed by atoms with Crippen molar-refractivity contribution >= 4 is 11.5 Å². The van der Waals surface area contributed by atoms with E-state index in [-0.39, 0.29) is 0 Å². The summed E-state index contributed by atoms with van der Waals surface area (Å²) in [4.78, 5) is 0. The number of aryl methyl sites for hydroxylation is 1. The van der Waals surface area contributed by atoms with Crippen molar-refractivity contribution in [3.8, 4) is 0 Å². The predicted molar refractivity (Wildman–Crippen MR) is 47.5 cm³/mol. The van der Waals surface area contributed by atoms with Crippen LogP contribution in [0.4, 0.5) is 5.88 Å². The average Bonchev–Trinajstić information content (AvgIpc) is 2.61. The van der Waals surface area contributed by atoms with Crippen molar-refractivity contribution in [3.05, 3.63) is 17.3 Å². The van der Waals surface area contributed by atoms with Crippen molar-refractivity contribution in [2.24, 2.45) is 0 Å². The number of allylic oxidation sites excluding steroid dienone is 2. The SMILES string of the molecule is Cc1noc(N)c1C1=CCCC1. The first-order valence-electron chi connectivity index (χ1n) is 4.20. The second-order valence-corrected chi connectivity index (χ2v) is 3.13. The summed E-state index contributed by atoms with van der Waals surface area (Å²) < 4.78 is 4.89. The normalized spacial score (nSPS) is 16.6. The van der Waals surface area contributed by atoms with Crippen molar-refractivity contribution in [2.45, 2.75) is 26.2 Å². The van der Waals surface area contributed by atoms with E-state index in [0.717, 1.165) is 24.1 Å². The Bertz CT molecular complexity index is 306. The Morgan fingerprint density at radius 2 is 2.42 bits per heavy atom. The predicted octanol–water partition coefficient (Wildman–Crippen LogP) is 2.13. The van der Waals surface area contributed by atoms with Crippen LogP contribution in [0.1, 0.15) is 30.5 Å². The molecule has 2 rings (SSSR count). The summed E-state index contributed by atoms with van der Waals surface area (Å²) in [6.45, 7) is 1.92. The molecule has 0 aliphatic heterocycles. The fraction of sp³-hybridized carbons (Fsp3) is 0.444.